The van der Waals surface area contributed by atoms with Gasteiger partial charge < -0.3 is 15.0 Å². The summed E-state index contributed by atoms with van der Waals surface area (Å²) < 4.78 is 2.05. The first-order chi connectivity index (χ1) is 7.80. The molecule has 1 heterocycles. The van der Waals surface area contributed by atoms with E-state index in [-0.39, 0.29) is 12.1 Å². The molecule has 1 fully saturated rings. The highest BCUT2D eigenvalue weighted by Crippen LogP contribution is 2.40. The summed E-state index contributed by atoms with van der Waals surface area (Å²) in [6.07, 6.45) is 9.12. The minimum atomic E-state index is -0.142. The van der Waals surface area contributed by atoms with Gasteiger partial charge in [-0.3, -0.25) is 0 Å². The van der Waals surface area contributed by atoms with Crippen molar-refractivity contribution in [3.63, 3.8) is 0 Å². The zero-order valence-electron chi connectivity index (χ0n) is 9.89. The minimum Gasteiger partial charge on any atom is -0.394 e. The van der Waals surface area contributed by atoms with E-state index in [2.05, 4.69) is 21.8 Å². The summed E-state index contributed by atoms with van der Waals surface area (Å²) in [5.41, 5.74) is -0.142. The number of rotatable bonds is 7. The quantitative estimate of drug-likeness (QED) is 0.725. The van der Waals surface area contributed by atoms with Crippen molar-refractivity contribution in [2.24, 2.45) is 5.92 Å². The molecule has 2 N–H and O–H groups in total. The summed E-state index contributed by atoms with van der Waals surface area (Å²) in [6.45, 7) is 4.13. The van der Waals surface area contributed by atoms with Crippen LogP contribution in [0.25, 0.3) is 0 Å². The van der Waals surface area contributed by atoms with Gasteiger partial charge in [-0.2, -0.15) is 0 Å². The van der Waals surface area contributed by atoms with Gasteiger partial charge in [0.05, 0.1) is 18.5 Å². The van der Waals surface area contributed by atoms with Crippen molar-refractivity contribution in [3.8, 4) is 0 Å². The Bertz CT molecular complexity index is 308. The number of aromatic nitrogens is 2. The molecule has 0 spiro atoms. The second-order valence-corrected chi connectivity index (χ2v) is 4.75. The molecule has 2 rings (SSSR count). The lowest BCUT2D eigenvalue weighted by Crippen LogP contribution is -2.53. The van der Waals surface area contributed by atoms with Crippen LogP contribution in [0.5, 0.6) is 0 Å². The summed E-state index contributed by atoms with van der Waals surface area (Å²) in [4.78, 5) is 4.05. The van der Waals surface area contributed by atoms with Crippen molar-refractivity contribution < 1.29 is 5.11 Å². The summed E-state index contributed by atoms with van der Waals surface area (Å²) in [5.74, 6) is 0.617. The zero-order chi connectivity index (χ0) is 11.4. The summed E-state index contributed by atoms with van der Waals surface area (Å²) in [7, 11) is 0. The number of aliphatic hydroxyl groups is 1. The first-order valence-electron chi connectivity index (χ1n) is 6.12. The second-order valence-electron chi connectivity index (χ2n) is 4.75. The summed E-state index contributed by atoms with van der Waals surface area (Å²) >= 11 is 0. The highest BCUT2D eigenvalue weighted by Gasteiger charge is 2.44. The van der Waals surface area contributed by atoms with Crippen molar-refractivity contribution >= 4 is 0 Å². The predicted octanol–water partition coefficient (Wildman–Crippen LogP) is 1.02. The van der Waals surface area contributed by atoms with Crippen molar-refractivity contribution in [3.05, 3.63) is 18.7 Å². The number of imidazole rings is 1. The Hall–Kier alpha value is -0.870. The first kappa shape index (κ1) is 11.6. The molecule has 90 valence electrons. The van der Waals surface area contributed by atoms with Crippen LogP contribution in [0, 0.1) is 5.92 Å². The topological polar surface area (TPSA) is 50.1 Å². The van der Waals surface area contributed by atoms with Gasteiger partial charge in [-0.25, -0.2) is 4.98 Å². The maximum atomic E-state index is 9.72. The molecule has 4 nitrogen and oxygen atoms in total. The fourth-order valence-corrected chi connectivity index (χ4v) is 2.28. The first-order valence-corrected chi connectivity index (χ1v) is 6.12. The Balaban J connectivity index is 2.06. The Morgan fingerprint density at radius 3 is 2.88 bits per heavy atom. The largest absolute Gasteiger partial charge is 0.394 e. The molecule has 1 aromatic heterocycles. The zero-order valence-corrected chi connectivity index (χ0v) is 9.89. The Morgan fingerprint density at radius 2 is 2.38 bits per heavy atom. The van der Waals surface area contributed by atoms with Crippen LogP contribution in [0.1, 0.15) is 26.2 Å². The molecule has 1 aliphatic rings. The van der Waals surface area contributed by atoms with E-state index in [0.29, 0.717) is 5.92 Å². The van der Waals surface area contributed by atoms with Gasteiger partial charge in [-0.05, 0) is 31.7 Å². The highest BCUT2D eigenvalue weighted by atomic mass is 16.3. The van der Waals surface area contributed by atoms with Crippen LogP contribution in [-0.2, 0) is 6.54 Å². The molecule has 0 aliphatic heterocycles. The fourth-order valence-electron chi connectivity index (χ4n) is 2.28. The molecule has 1 unspecified atom stereocenters. The van der Waals surface area contributed by atoms with E-state index in [1.165, 1.54) is 12.8 Å². The molecule has 0 bridgehead atoms. The summed E-state index contributed by atoms with van der Waals surface area (Å²) in [5, 5.41) is 13.3. The van der Waals surface area contributed by atoms with Crippen LogP contribution >= 0.6 is 0 Å². The van der Waals surface area contributed by atoms with Crippen LogP contribution in [0.2, 0.25) is 0 Å². The van der Waals surface area contributed by atoms with Gasteiger partial charge in [-0.15, -0.1) is 0 Å². The van der Waals surface area contributed by atoms with E-state index >= 15 is 0 Å². The second kappa shape index (κ2) is 4.97. The summed E-state index contributed by atoms with van der Waals surface area (Å²) in [6, 6.07) is 0. The molecule has 0 amide bonds. The Labute approximate surface area is 96.7 Å². The standard InChI is InChI=1S/C12H21N3O/c1-2-5-14-12(9-16,11-3-4-11)8-15-7-6-13-10-15/h6-7,10-11,14,16H,2-5,8-9H2,1H3. The molecular weight excluding hydrogens is 202 g/mol. The van der Waals surface area contributed by atoms with Crippen molar-refractivity contribution in [1.29, 1.82) is 0 Å². The van der Waals surface area contributed by atoms with Gasteiger partial charge in [-0.1, -0.05) is 6.92 Å². The van der Waals surface area contributed by atoms with Gasteiger partial charge in [0.2, 0.25) is 0 Å². The van der Waals surface area contributed by atoms with Crippen LogP contribution < -0.4 is 5.32 Å². The molecule has 0 saturated heterocycles. The highest BCUT2D eigenvalue weighted by molar-refractivity contribution is 5.01. The van der Waals surface area contributed by atoms with Gasteiger partial charge in [0.25, 0.3) is 0 Å². The Kier molecular flexibility index (Phi) is 3.61. The average molecular weight is 223 g/mol. The SMILES string of the molecule is CCCNC(CO)(Cn1ccnc1)C1CC1. The maximum Gasteiger partial charge on any atom is 0.0946 e. The van der Waals surface area contributed by atoms with Crippen molar-refractivity contribution in [1.82, 2.24) is 14.9 Å². The third-order valence-corrected chi connectivity index (χ3v) is 3.39. The third-order valence-electron chi connectivity index (χ3n) is 3.39. The average Bonchev–Trinajstić information content (AvgIpc) is 3.05. The monoisotopic (exact) mass is 223 g/mol. The lowest BCUT2D eigenvalue weighted by atomic mass is 9.93. The molecule has 1 aliphatic carbocycles. The predicted molar refractivity (Wildman–Crippen MR) is 63.1 cm³/mol. The van der Waals surface area contributed by atoms with Gasteiger partial charge in [0.15, 0.2) is 0 Å². The van der Waals surface area contributed by atoms with Crippen LogP contribution in [0.15, 0.2) is 18.7 Å². The van der Waals surface area contributed by atoms with Crippen molar-refractivity contribution in [2.75, 3.05) is 13.2 Å². The lowest BCUT2D eigenvalue weighted by Gasteiger charge is -2.33. The normalized spacial score (nSPS) is 19.6. The number of hydrogen-bond acceptors (Lipinski definition) is 3. The number of nitrogens with one attached hydrogen (secondary N) is 1. The van der Waals surface area contributed by atoms with Gasteiger partial charge in [0, 0.05) is 18.9 Å². The van der Waals surface area contributed by atoms with Gasteiger partial charge in [0.1, 0.15) is 0 Å². The number of nitrogens with zero attached hydrogens (tertiary/aromatic N) is 2. The molecular formula is C12H21N3O. The van der Waals surface area contributed by atoms with Crippen LogP contribution in [-0.4, -0.2) is 33.3 Å². The molecule has 1 aromatic rings. The smallest absolute Gasteiger partial charge is 0.0946 e. The van der Waals surface area contributed by atoms with Crippen LogP contribution in [0.4, 0.5) is 0 Å². The maximum absolute atomic E-state index is 9.72. The molecule has 0 aromatic carbocycles. The van der Waals surface area contributed by atoms with E-state index in [9.17, 15) is 5.11 Å². The van der Waals surface area contributed by atoms with E-state index in [1.54, 1.807) is 6.20 Å². The number of hydrogen-bond donors (Lipinski definition) is 2. The number of aliphatic hydroxyl groups excluding tert-OH is 1. The van der Waals surface area contributed by atoms with Crippen LogP contribution in [0.3, 0.4) is 0 Å². The molecule has 4 heteroatoms. The van der Waals surface area contributed by atoms with E-state index < -0.39 is 0 Å². The molecule has 16 heavy (non-hydrogen) atoms. The fraction of sp³-hybridized carbons (Fsp3) is 0.750. The molecule has 1 atom stereocenters. The van der Waals surface area contributed by atoms with E-state index in [4.69, 9.17) is 0 Å². The molecule has 1 saturated carbocycles. The van der Waals surface area contributed by atoms with E-state index in [1.807, 2.05) is 12.5 Å². The van der Waals surface area contributed by atoms with Gasteiger partial charge >= 0.3 is 0 Å². The van der Waals surface area contributed by atoms with E-state index in [0.717, 1.165) is 19.5 Å². The minimum absolute atomic E-state index is 0.142. The third kappa shape index (κ3) is 2.44. The van der Waals surface area contributed by atoms with Crippen molar-refractivity contribution in [2.45, 2.75) is 38.3 Å². The lowest BCUT2D eigenvalue weighted by molar-refractivity contribution is 0.122. The molecule has 0 radical (unpaired) electrons. The Morgan fingerprint density at radius 1 is 1.56 bits per heavy atom.